The van der Waals surface area contributed by atoms with Gasteiger partial charge in [0.25, 0.3) is 5.91 Å². The molecule has 6 heteroatoms. The van der Waals surface area contributed by atoms with Crippen molar-refractivity contribution in [2.75, 3.05) is 46.9 Å². The molecule has 1 aromatic rings. The summed E-state index contributed by atoms with van der Waals surface area (Å²) in [4.78, 5) is 13.4. The molecule has 1 saturated heterocycles. The SMILES string of the molecule is Cc1ccc(OCC(=O)NCCN(C)C)cc1.O[C@@H]1CCNC1. The second-order valence-corrected chi connectivity index (χ2v) is 5.90. The maximum atomic E-state index is 11.4. The maximum absolute atomic E-state index is 11.4. The molecule has 2 rings (SSSR count). The minimum Gasteiger partial charge on any atom is -0.484 e. The Bertz CT molecular complexity index is 443. The topological polar surface area (TPSA) is 73.8 Å². The summed E-state index contributed by atoms with van der Waals surface area (Å²) in [6, 6.07) is 7.64. The summed E-state index contributed by atoms with van der Waals surface area (Å²) in [5.41, 5.74) is 1.17. The van der Waals surface area contributed by atoms with Crippen molar-refractivity contribution in [2.24, 2.45) is 0 Å². The standard InChI is InChI=1S/C13H20N2O2.C4H9NO/c1-11-4-6-12(7-5-11)17-10-13(16)14-8-9-15(2)3;6-4-1-2-5-3-4/h4-7H,8-10H2,1-3H3,(H,14,16);4-6H,1-3H2/t;4-/m.1/s1. The van der Waals surface area contributed by atoms with E-state index in [9.17, 15) is 4.79 Å². The molecule has 0 saturated carbocycles. The lowest BCUT2D eigenvalue weighted by Crippen LogP contribution is -2.34. The van der Waals surface area contributed by atoms with Crippen LogP contribution in [0.3, 0.4) is 0 Å². The normalized spacial score (nSPS) is 16.7. The first-order valence-corrected chi connectivity index (χ1v) is 7.97. The number of amides is 1. The Hall–Kier alpha value is -1.63. The molecule has 1 aliphatic heterocycles. The summed E-state index contributed by atoms with van der Waals surface area (Å²) in [7, 11) is 3.93. The van der Waals surface area contributed by atoms with E-state index < -0.39 is 0 Å². The van der Waals surface area contributed by atoms with Gasteiger partial charge in [-0.2, -0.15) is 0 Å². The van der Waals surface area contributed by atoms with Crippen LogP contribution in [-0.4, -0.2) is 68.9 Å². The number of aliphatic hydroxyl groups excluding tert-OH is 1. The van der Waals surface area contributed by atoms with Crippen LogP contribution in [0, 0.1) is 6.92 Å². The summed E-state index contributed by atoms with van der Waals surface area (Å²) >= 11 is 0. The van der Waals surface area contributed by atoms with Crippen molar-refractivity contribution in [1.29, 1.82) is 0 Å². The van der Waals surface area contributed by atoms with Gasteiger partial charge in [-0.05, 0) is 46.1 Å². The summed E-state index contributed by atoms with van der Waals surface area (Å²) in [6.45, 7) is 5.33. The van der Waals surface area contributed by atoms with E-state index in [1.54, 1.807) is 0 Å². The van der Waals surface area contributed by atoms with E-state index in [0.29, 0.717) is 6.54 Å². The second-order valence-electron chi connectivity index (χ2n) is 5.90. The number of benzene rings is 1. The van der Waals surface area contributed by atoms with Crippen molar-refractivity contribution < 1.29 is 14.6 Å². The average Bonchev–Trinajstić information content (AvgIpc) is 2.98. The number of nitrogens with zero attached hydrogens (tertiary/aromatic N) is 1. The zero-order valence-electron chi connectivity index (χ0n) is 14.3. The lowest BCUT2D eigenvalue weighted by atomic mass is 10.2. The van der Waals surface area contributed by atoms with E-state index in [-0.39, 0.29) is 18.6 Å². The van der Waals surface area contributed by atoms with E-state index in [1.165, 1.54) is 5.56 Å². The minimum absolute atomic E-state index is 0.0648. The molecule has 1 fully saturated rings. The molecule has 0 spiro atoms. The third-order valence-electron chi connectivity index (χ3n) is 3.31. The van der Waals surface area contributed by atoms with Gasteiger partial charge in [0.15, 0.2) is 6.61 Å². The van der Waals surface area contributed by atoms with Crippen LogP contribution in [0.5, 0.6) is 5.75 Å². The van der Waals surface area contributed by atoms with E-state index >= 15 is 0 Å². The van der Waals surface area contributed by atoms with Crippen molar-refractivity contribution in [1.82, 2.24) is 15.5 Å². The average molecular weight is 323 g/mol. The Morgan fingerprint density at radius 1 is 1.39 bits per heavy atom. The highest BCUT2D eigenvalue weighted by Gasteiger charge is 2.08. The Labute approximate surface area is 138 Å². The number of nitrogens with one attached hydrogen (secondary N) is 2. The summed E-state index contributed by atoms with van der Waals surface area (Å²) in [6.07, 6.45) is 0.866. The van der Waals surface area contributed by atoms with Gasteiger partial charge in [0.05, 0.1) is 6.10 Å². The fourth-order valence-electron chi connectivity index (χ4n) is 1.89. The number of aliphatic hydroxyl groups is 1. The molecule has 130 valence electrons. The van der Waals surface area contributed by atoms with Crippen molar-refractivity contribution in [3.05, 3.63) is 29.8 Å². The Morgan fingerprint density at radius 3 is 2.57 bits per heavy atom. The highest BCUT2D eigenvalue weighted by atomic mass is 16.5. The molecule has 23 heavy (non-hydrogen) atoms. The van der Waals surface area contributed by atoms with Crippen LogP contribution in [0.4, 0.5) is 0 Å². The van der Waals surface area contributed by atoms with Crippen molar-refractivity contribution in [3.63, 3.8) is 0 Å². The molecule has 0 bridgehead atoms. The molecule has 0 aromatic heterocycles. The number of carbonyl (C=O) groups excluding carboxylic acids is 1. The van der Waals surface area contributed by atoms with Crippen LogP contribution < -0.4 is 15.4 Å². The lowest BCUT2D eigenvalue weighted by Gasteiger charge is -2.11. The van der Waals surface area contributed by atoms with Gasteiger partial charge < -0.3 is 25.4 Å². The Balaban J connectivity index is 0.000000366. The predicted molar refractivity (Wildman–Crippen MR) is 91.7 cm³/mol. The van der Waals surface area contributed by atoms with Crippen LogP contribution in [0.25, 0.3) is 0 Å². The van der Waals surface area contributed by atoms with E-state index in [0.717, 1.165) is 31.8 Å². The minimum atomic E-state index is -0.0903. The van der Waals surface area contributed by atoms with Gasteiger partial charge in [-0.3, -0.25) is 4.79 Å². The van der Waals surface area contributed by atoms with Crippen molar-refractivity contribution in [3.8, 4) is 5.75 Å². The summed E-state index contributed by atoms with van der Waals surface area (Å²) in [5.74, 6) is 0.630. The Kier molecular flexibility index (Phi) is 9.28. The number of carbonyl (C=O) groups is 1. The summed E-state index contributed by atoms with van der Waals surface area (Å²) < 4.78 is 5.35. The molecule has 1 amide bonds. The van der Waals surface area contributed by atoms with Gasteiger partial charge in [-0.25, -0.2) is 0 Å². The van der Waals surface area contributed by atoms with Gasteiger partial charge in [-0.1, -0.05) is 17.7 Å². The van der Waals surface area contributed by atoms with E-state index in [4.69, 9.17) is 9.84 Å². The van der Waals surface area contributed by atoms with Gasteiger partial charge in [0.2, 0.25) is 0 Å². The van der Waals surface area contributed by atoms with Crippen LogP contribution in [0.1, 0.15) is 12.0 Å². The van der Waals surface area contributed by atoms with Crippen molar-refractivity contribution in [2.45, 2.75) is 19.4 Å². The number of hydrogen-bond donors (Lipinski definition) is 3. The maximum Gasteiger partial charge on any atom is 0.257 e. The van der Waals surface area contributed by atoms with E-state index in [2.05, 4.69) is 10.6 Å². The fraction of sp³-hybridized carbons (Fsp3) is 0.588. The number of aryl methyl sites for hydroxylation is 1. The first kappa shape index (κ1) is 19.4. The third-order valence-corrected chi connectivity index (χ3v) is 3.31. The second kappa shape index (κ2) is 11.0. The van der Waals surface area contributed by atoms with Gasteiger partial charge in [-0.15, -0.1) is 0 Å². The lowest BCUT2D eigenvalue weighted by molar-refractivity contribution is -0.123. The van der Waals surface area contributed by atoms with Crippen LogP contribution in [0.15, 0.2) is 24.3 Å². The molecule has 0 radical (unpaired) electrons. The number of rotatable bonds is 6. The highest BCUT2D eigenvalue weighted by Crippen LogP contribution is 2.10. The first-order chi connectivity index (χ1) is 11.0. The van der Waals surface area contributed by atoms with Crippen LogP contribution in [0.2, 0.25) is 0 Å². The van der Waals surface area contributed by atoms with Gasteiger partial charge in [0.1, 0.15) is 5.75 Å². The highest BCUT2D eigenvalue weighted by molar-refractivity contribution is 5.77. The molecule has 1 heterocycles. The molecule has 1 atom stereocenters. The van der Waals surface area contributed by atoms with E-state index in [1.807, 2.05) is 50.2 Å². The molecule has 0 aliphatic carbocycles. The fourth-order valence-corrected chi connectivity index (χ4v) is 1.89. The van der Waals surface area contributed by atoms with Crippen LogP contribution in [-0.2, 0) is 4.79 Å². The quantitative estimate of drug-likeness (QED) is 0.706. The zero-order valence-corrected chi connectivity index (χ0v) is 14.3. The smallest absolute Gasteiger partial charge is 0.257 e. The van der Waals surface area contributed by atoms with Crippen molar-refractivity contribution >= 4 is 5.91 Å². The number of likely N-dealkylation sites (N-methyl/N-ethyl adjacent to an activating group) is 1. The largest absolute Gasteiger partial charge is 0.484 e. The first-order valence-electron chi connectivity index (χ1n) is 7.97. The molecule has 1 aliphatic rings. The third kappa shape index (κ3) is 9.89. The number of ether oxygens (including phenoxy) is 1. The van der Waals surface area contributed by atoms with Gasteiger partial charge in [0, 0.05) is 19.6 Å². The summed E-state index contributed by atoms with van der Waals surface area (Å²) in [5, 5.41) is 14.5. The molecule has 0 unspecified atom stereocenters. The molecule has 1 aromatic carbocycles. The van der Waals surface area contributed by atoms with Gasteiger partial charge >= 0.3 is 0 Å². The molecule has 3 N–H and O–H groups in total. The molecular formula is C17H29N3O3. The Morgan fingerprint density at radius 2 is 2.09 bits per heavy atom. The molecule has 6 nitrogen and oxygen atoms in total. The molecular weight excluding hydrogens is 294 g/mol. The monoisotopic (exact) mass is 323 g/mol. The number of β-amino-alcohol motifs (C(OH)–C–C–N with tert-alkyl or cyclic N) is 1. The predicted octanol–water partition coefficient (Wildman–Crippen LogP) is 0.392. The van der Waals surface area contributed by atoms with Crippen LogP contribution >= 0.6 is 0 Å². The number of hydrogen-bond acceptors (Lipinski definition) is 5. The zero-order chi connectivity index (χ0) is 17.1.